The van der Waals surface area contributed by atoms with E-state index < -0.39 is 23.8 Å². The van der Waals surface area contributed by atoms with E-state index in [4.69, 9.17) is 14.6 Å². The quantitative estimate of drug-likeness (QED) is 0.631. The Morgan fingerprint density at radius 3 is 2.61 bits per heavy atom. The van der Waals surface area contributed by atoms with Crippen molar-refractivity contribution >= 4 is 40.2 Å². The summed E-state index contributed by atoms with van der Waals surface area (Å²) in [7, 11) is 1.19. The Labute approximate surface area is 164 Å². The summed E-state index contributed by atoms with van der Waals surface area (Å²) in [6.45, 7) is 3.38. The fourth-order valence-electron chi connectivity index (χ4n) is 2.41. The Bertz CT molecular complexity index is 916. The van der Waals surface area contributed by atoms with Gasteiger partial charge < -0.3 is 19.9 Å². The normalized spacial score (nSPS) is 10.4. The second-order valence-corrected chi connectivity index (χ2v) is 6.53. The number of anilines is 1. The molecule has 2 rings (SSSR count). The molecule has 11 heteroatoms. The lowest BCUT2D eigenvalue weighted by atomic mass is 10.1. The Morgan fingerprint density at radius 2 is 2.00 bits per heavy atom. The highest BCUT2D eigenvalue weighted by Gasteiger charge is 2.27. The smallest absolute Gasteiger partial charge is 0.348 e. The number of esters is 2. The number of hydrogen-bond donors (Lipinski definition) is 2. The number of aliphatic carboxylic acids is 1. The number of carboxylic acid groups (broad SMARTS) is 1. The van der Waals surface area contributed by atoms with E-state index in [1.807, 2.05) is 0 Å². The summed E-state index contributed by atoms with van der Waals surface area (Å²) in [6, 6.07) is 1.42. The van der Waals surface area contributed by atoms with Crippen molar-refractivity contribution in [3.63, 3.8) is 0 Å². The van der Waals surface area contributed by atoms with Crippen molar-refractivity contribution in [2.75, 3.05) is 19.0 Å². The lowest BCUT2D eigenvalue weighted by Crippen LogP contribution is -2.19. The molecular formula is C17H19N3O7S. The van der Waals surface area contributed by atoms with Gasteiger partial charge in [-0.1, -0.05) is 0 Å². The average Bonchev–Trinajstić information content (AvgIpc) is 3.24. The number of methoxy groups -OCH3 is 1. The van der Waals surface area contributed by atoms with Gasteiger partial charge in [-0.05, 0) is 25.5 Å². The summed E-state index contributed by atoms with van der Waals surface area (Å²) in [5, 5.41) is 15.4. The third-order valence-corrected chi connectivity index (χ3v) is 4.90. The van der Waals surface area contributed by atoms with Crippen molar-refractivity contribution in [1.29, 1.82) is 0 Å². The van der Waals surface area contributed by atoms with E-state index in [9.17, 15) is 19.2 Å². The molecule has 0 saturated heterocycles. The number of carbonyl (C=O) groups is 4. The minimum atomic E-state index is -1.03. The summed E-state index contributed by atoms with van der Waals surface area (Å²) in [5.41, 5.74) is 0.506. The van der Waals surface area contributed by atoms with Gasteiger partial charge in [-0.15, -0.1) is 11.3 Å². The number of carboxylic acids is 1. The molecule has 2 aromatic rings. The Balaban J connectivity index is 2.35. The fourth-order valence-corrected chi connectivity index (χ4v) is 3.50. The standard InChI is InChI=1S/C17H19N3O7S/c1-4-27-17(25)13-9(2)12(16(24)26-3)15(28-13)19-14(23)10-5-7-18-20(10)8-6-11(21)22/h5,7H,4,6,8H2,1-3H3,(H,19,23)(H,21,22). The van der Waals surface area contributed by atoms with Gasteiger partial charge in [0.05, 0.1) is 32.2 Å². The Hall–Kier alpha value is -3.21. The zero-order valence-electron chi connectivity index (χ0n) is 15.5. The molecule has 0 spiro atoms. The van der Waals surface area contributed by atoms with Crippen LogP contribution in [0.1, 0.15) is 49.4 Å². The van der Waals surface area contributed by atoms with Crippen LogP contribution < -0.4 is 5.32 Å². The van der Waals surface area contributed by atoms with Crippen molar-refractivity contribution in [2.24, 2.45) is 0 Å². The van der Waals surface area contributed by atoms with E-state index in [2.05, 4.69) is 10.4 Å². The minimum Gasteiger partial charge on any atom is -0.481 e. The molecule has 10 nitrogen and oxygen atoms in total. The van der Waals surface area contributed by atoms with Crippen LogP contribution in [0.15, 0.2) is 12.3 Å². The molecule has 0 radical (unpaired) electrons. The molecule has 1 amide bonds. The zero-order chi connectivity index (χ0) is 20.8. The van der Waals surface area contributed by atoms with Crippen LogP contribution in [0.2, 0.25) is 0 Å². The van der Waals surface area contributed by atoms with Crippen LogP contribution in [0.3, 0.4) is 0 Å². The summed E-state index contributed by atoms with van der Waals surface area (Å²) in [4.78, 5) is 47.8. The highest BCUT2D eigenvalue weighted by molar-refractivity contribution is 7.18. The van der Waals surface area contributed by atoms with Crippen LogP contribution in [0.4, 0.5) is 5.00 Å². The third-order valence-electron chi connectivity index (χ3n) is 3.71. The first-order valence-electron chi connectivity index (χ1n) is 8.23. The van der Waals surface area contributed by atoms with Gasteiger partial charge in [-0.25, -0.2) is 9.59 Å². The number of ether oxygens (including phenoxy) is 2. The van der Waals surface area contributed by atoms with Crippen molar-refractivity contribution in [3.8, 4) is 0 Å². The Kier molecular flexibility index (Phi) is 6.88. The molecule has 0 aliphatic heterocycles. The maximum atomic E-state index is 12.6. The molecule has 2 N–H and O–H groups in total. The Morgan fingerprint density at radius 1 is 1.29 bits per heavy atom. The molecule has 0 atom stereocenters. The third kappa shape index (κ3) is 4.55. The number of aryl methyl sites for hydroxylation is 1. The van der Waals surface area contributed by atoms with Crippen LogP contribution in [0.5, 0.6) is 0 Å². The number of carbonyl (C=O) groups excluding carboxylic acids is 3. The van der Waals surface area contributed by atoms with Crippen LogP contribution in [0, 0.1) is 6.92 Å². The van der Waals surface area contributed by atoms with Gasteiger partial charge in [0.15, 0.2) is 0 Å². The molecule has 0 aliphatic carbocycles. The highest BCUT2D eigenvalue weighted by Crippen LogP contribution is 2.34. The summed E-state index contributed by atoms with van der Waals surface area (Å²) in [6.07, 6.45) is 1.15. The summed E-state index contributed by atoms with van der Waals surface area (Å²) < 4.78 is 11.0. The lowest BCUT2D eigenvalue weighted by Gasteiger charge is -2.08. The minimum absolute atomic E-state index is 0.00644. The number of thiophene rings is 1. The van der Waals surface area contributed by atoms with Crippen molar-refractivity contribution in [1.82, 2.24) is 9.78 Å². The van der Waals surface area contributed by atoms with Crippen molar-refractivity contribution < 1.29 is 33.8 Å². The van der Waals surface area contributed by atoms with E-state index in [-0.39, 0.29) is 40.7 Å². The molecule has 0 unspecified atom stereocenters. The van der Waals surface area contributed by atoms with Gasteiger partial charge in [-0.2, -0.15) is 5.10 Å². The molecular weight excluding hydrogens is 390 g/mol. The van der Waals surface area contributed by atoms with Crippen molar-refractivity contribution in [3.05, 3.63) is 34.0 Å². The number of amides is 1. The molecule has 2 heterocycles. The molecule has 0 aromatic carbocycles. The van der Waals surface area contributed by atoms with Crippen LogP contribution in [-0.4, -0.2) is 52.4 Å². The largest absolute Gasteiger partial charge is 0.481 e. The average molecular weight is 409 g/mol. The van der Waals surface area contributed by atoms with Gasteiger partial charge in [0.25, 0.3) is 5.91 Å². The first kappa shape index (κ1) is 21.1. The maximum absolute atomic E-state index is 12.6. The van der Waals surface area contributed by atoms with Crippen LogP contribution in [-0.2, 0) is 20.8 Å². The monoisotopic (exact) mass is 409 g/mol. The van der Waals surface area contributed by atoms with Gasteiger partial charge >= 0.3 is 17.9 Å². The number of hydrogen-bond acceptors (Lipinski definition) is 8. The van der Waals surface area contributed by atoms with Gasteiger partial charge in [0.2, 0.25) is 0 Å². The molecule has 0 saturated carbocycles. The fraction of sp³-hybridized carbons (Fsp3) is 0.353. The maximum Gasteiger partial charge on any atom is 0.348 e. The number of nitrogens with one attached hydrogen (secondary N) is 1. The van der Waals surface area contributed by atoms with E-state index in [0.29, 0.717) is 5.56 Å². The highest BCUT2D eigenvalue weighted by atomic mass is 32.1. The van der Waals surface area contributed by atoms with Gasteiger partial charge in [0, 0.05) is 6.20 Å². The zero-order valence-corrected chi connectivity index (χ0v) is 16.3. The van der Waals surface area contributed by atoms with E-state index in [1.165, 1.54) is 24.1 Å². The topological polar surface area (TPSA) is 137 Å². The summed E-state index contributed by atoms with van der Waals surface area (Å²) in [5.74, 6) is -2.95. The second-order valence-electron chi connectivity index (χ2n) is 5.51. The molecule has 0 aliphatic rings. The van der Waals surface area contributed by atoms with E-state index in [0.717, 1.165) is 11.3 Å². The summed E-state index contributed by atoms with van der Waals surface area (Å²) >= 11 is 0.896. The molecule has 0 bridgehead atoms. The first-order chi connectivity index (χ1) is 13.3. The molecule has 2 aromatic heterocycles. The second kappa shape index (κ2) is 9.13. The molecule has 150 valence electrons. The number of rotatable bonds is 8. The predicted molar refractivity (Wildman–Crippen MR) is 98.8 cm³/mol. The first-order valence-corrected chi connectivity index (χ1v) is 9.05. The van der Waals surface area contributed by atoms with E-state index in [1.54, 1.807) is 13.8 Å². The van der Waals surface area contributed by atoms with Crippen molar-refractivity contribution in [2.45, 2.75) is 26.8 Å². The number of nitrogens with zero attached hydrogens (tertiary/aromatic N) is 2. The molecule has 28 heavy (non-hydrogen) atoms. The van der Waals surface area contributed by atoms with Gasteiger partial charge in [0.1, 0.15) is 15.6 Å². The lowest BCUT2D eigenvalue weighted by molar-refractivity contribution is -0.137. The SMILES string of the molecule is CCOC(=O)c1sc(NC(=O)c2ccnn2CCC(=O)O)c(C(=O)OC)c1C. The predicted octanol–water partition coefficient (Wildman–Crippen LogP) is 1.94. The van der Waals surface area contributed by atoms with Gasteiger partial charge in [-0.3, -0.25) is 14.3 Å². The number of aromatic nitrogens is 2. The molecule has 0 fully saturated rings. The van der Waals surface area contributed by atoms with Crippen LogP contribution >= 0.6 is 11.3 Å². The van der Waals surface area contributed by atoms with Crippen LogP contribution in [0.25, 0.3) is 0 Å². The van der Waals surface area contributed by atoms with E-state index >= 15 is 0 Å².